The number of aryl methyl sites for hydroxylation is 1. The number of nitrogens with zero attached hydrogens (tertiary/aromatic N) is 1. The first-order valence-electron chi connectivity index (χ1n) is 8.63. The number of hydrogen-bond acceptors (Lipinski definition) is 4. The van der Waals surface area contributed by atoms with Crippen molar-refractivity contribution in [2.24, 2.45) is 0 Å². The minimum Gasteiger partial charge on any atom is -0.489 e. The molecule has 0 bridgehead atoms. The number of hydrogen-bond donors (Lipinski definition) is 1. The Morgan fingerprint density at radius 1 is 1.30 bits per heavy atom. The Bertz CT molecular complexity index is 856. The van der Waals surface area contributed by atoms with Crippen molar-refractivity contribution in [2.45, 2.75) is 26.1 Å². The van der Waals surface area contributed by atoms with Crippen LogP contribution in [0.5, 0.6) is 5.75 Å². The highest BCUT2D eigenvalue weighted by Crippen LogP contribution is 2.29. The lowest BCUT2D eigenvalue weighted by molar-refractivity contribution is -0.117. The second-order valence-electron chi connectivity index (χ2n) is 6.35. The van der Waals surface area contributed by atoms with Gasteiger partial charge in [0.1, 0.15) is 24.3 Å². The number of amides is 2. The van der Waals surface area contributed by atoms with Gasteiger partial charge in [0, 0.05) is 12.7 Å². The predicted molar refractivity (Wildman–Crippen MR) is 98.2 cm³/mol. The van der Waals surface area contributed by atoms with Gasteiger partial charge in [-0.1, -0.05) is 12.1 Å². The molecular weight excluding hydrogens is 351 g/mol. The zero-order valence-corrected chi connectivity index (χ0v) is 15.2. The number of ether oxygens (including phenoxy) is 2. The molecule has 142 valence electrons. The molecule has 2 aromatic rings. The summed E-state index contributed by atoms with van der Waals surface area (Å²) >= 11 is 0. The van der Waals surface area contributed by atoms with E-state index in [9.17, 15) is 14.0 Å². The second kappa shape index (κ2) is 8.07. The molecule has 27 heavy (non-hydrogen) atoms. The van der Waals surface area contributed by atoms with Crippen LogP contribution in [0.1, 0.15) is 17.5 Å². The van der Waals surface area contributed by atoms with Gasteiger partial charge in [0.15, 0.2) is 0 Å². The minimum absolute atomic E-state index is 0.100. The monoisotopic (exact) mass is 372 g/mol. The van der Waals surface area contributed by atoms with E-state index in [0.717, 1.165) is 16.8 Å². The first kappa shape index (κ1) is 18.7. The number of nitrogens with one attached hydrogen (secondary N) is 1. The van der Waals surface area contributed by atoms with Crippen LogP contribution in [-0.2, 0) is 16.1 Å². The Morgan fingerprint density at radius 2 is 2.11 bits per heavy atom. The van der Waals surface area contributed by atoms with Gasteiger partial charge in [-0.05, 0) is 48.4 Å². The second-order valence-corrected chi connectivity index (χ2v) is 6.35. The lowest BCUT2D eigenvalue weighted by Crippen LogP contribution is -2.29. The molecule has 3 rings (SSSR count). The van der Waals surface area contributed by atoms with Crippen molar-refractivity contribution in [3.05, 3.63) is 59.4 Å². The van der Waals surface area contributed by atoms with E-state index in [1.165, 1.54) is 19.2 Å². The third-order valence-electron chi connectivity index (χ3n) is 4.32. The first-order chi connectivity index (χ1) is 13.0. The van der Waals surface area contributed by atoms with Gasteiger partial charge in [0.25, 0.3) is 0 Å². The first-order valence-corrected chi connectivity index (χ1v) is 8.63. The molecule has 1 atom stereocenters. The van der Waals surface area contributed by atoms with Gasteiger partial charge < -0.3 is 19.7 Å². The average Bonchev–Trinajstić information content (AvgIpc) is 3.00. The molecule has 0 aliphatic carbocycles. The quantitative estimate of drug-likeness (QED) is 0.875. The van der Waals surface area contributed by atoms with Crippen molar-refractivity contribution in [1.29, 1.82) is 0 Å². The van der Waals surface area contributed by atoms with Gasteiger partial charge in [0.2, 0.25) is 5.91 Å². The van der Waals surface area contributed by atoms with Crippen molar-refractivity contribution in [3.63, 3.8) is 0 Å². The SMILES string of the molecule is CNC(=O)OC1CC(=O)N(c2ccc(OCc3cccc(F)c3)c(C)c2)C1. The van der Waals surface area contributed by atoms with E-state index < -0.39 is 12.2 Å². The molecule has 0 spiro atoms. The molecule has 2 aromatic carbocycles. The van der Waals surface area contributed by atoms with Crippen molar-refractivity contribution >= 4 is 17.7 Å². The molecule has 1 aliphatic heterocycles. The Balaban J connectivity index is 1.65. The fourth-order valence-corrected chi connectivity index (χ4v) is 2.96. The van der Waals surface area contributed by atoms with E-state index >= 15 is 0 Å². The summed E-state index contributed by atoms with van der Waals surface area (Å²) in [4.78, 5) is 25.2. The van der Waals surface area contributed by atoms with E-state index in [2.05, 4.69) is 5.32 Å². The minimum atomic E-state index is -0.549. The number of benzene rings is 2. The summed E-state index contributed by atoms with van der Waals surface area (Å²) in [5.74, 6) is 0.258. The standard InChI is InChI=1S/C20H21FN2O4/c1-13-8-16(23-11-17(10-19(23)24)27-20(25)22-2)6-7-18(13)26-12-14-4-3-5-15(21)9-14/h3-9,17H,10-12H2,1-2H3,(H,22,25). The Hall–Kier alpha value is -3.09. The number of carbonyl (C=O) groups excluding carboxylic acids is 2. The molecule has 1 heterocycles. The highest BCUT2D eigenvalue weighted by molar-refractivity contribution is 5.96. The fourth-order valence-electron chi connectivity index (χ4n) is 2.96. The predicted octanol–water partition coefficient (Wildman–Crippen LogP) is 3.17. The summed E-state index contributed by atoms with van der Waals surface area (Å²) in [7, 11) is 1.47. The fraction of sp³-hybridized carbons (Fsp3) is 0.300. The molecular formula is C20H21FN2O4. The maximum Gasteiger partial charge on any atom is 0.407 e. The lowest BCUT2D eigenvalue weighted by Gasteiger charge is -2.18. The molecule has 1 N–H and O–H groups in total. The van der Waals surface area contributed by atoms with Crippen LogP contribution in [0.4, 0.5) is 14.9 Å². The number of carbonyl (C=O) groups is 2. The molecule has 0 aromatic heterocycles. The van der Waals surface area contributed by atoms with Crippen molar-refractivity contribution < 1.29 is 23.5 Å². The van der Waals surface area contributed by atoms with Crippen molar-refractivity contribution in [2.75, 3.05) is 18.5 Å². The number of anilines is 1. The van der Waals surface area contributed by atoms with Gasteiger partial charge in [-0.25, -0.2) is 9.18 Å². The van der Waals surface area contributed by atoms with Crippen molar-refractivity contribution in [3.8, 4) is 5.75 Å². The van der Waals surface area contributed by atoms with E-state index in [1.807, 2.05) is 13.0 Å². The zero-order chi connectivity index (χ0) is 19.4. The molecule has 1 aliphatic rings. The van der Waals surface area contributed by atoms with Crippen LogP contribution in [0.3, 0.4) is 0 Å². The summed E-state index contributed by atoms with van der Waals surface area (Å²) in [5.41, 5.74) is 2.31. The Morgan fingerprint density at radius 3 is 2.81 bits per heavy atom. The van der Waals surface area contributed by atoms with Crippen LogP contribution >= 0.6 is 0 Å². The summed E-state index contributed by atoms with van der Waals surface area (Å²) in [5, 5.41) is 2.38. The molecule has 0 saturated carbocycles. The zero-order valence-electron chi connectivity index (χ0n) is 15.2. The molecule has 6 nitrogen and oxygen atoms in total. The topological polar surface area (TPSA) is 67.9 Å². The van der Waals surface area contributed by atoms with E-state index in [-0.39, 0.29) is 24.8 Å². The maximum atomic E-state index is 13.2. The van der Waals surface area contributed by atoms with Crippen LogP contribution in [0.25, 0.3) is 0 Å². The lowest BCUT2D eigenvalue weighted by atomic mass is 10.2. The highest BCUT2D eigenvalue weighted by atomic mass is 19.1. The van der Waals surface area contributed by atoms with Gasteiger partial charge in [0.05, 0.1) is 13.0 Å². The number of halogens is 1. The van der Waals surface area contributed by atoms with Crippen LogP contribution in [-0.4, -0.2) is 31.7 Å². The smallest absolute Gasteiger partial charge is 0.407 e. The van der Waals surface area contributed by atoms with Crippen LogP contribution in [0, 0.1) is 12.7 Å². The van der Waals surface area contributed by atoms with Gasteiger partial charge in [-0.15, -0.1) is 0 Å². The number of alkyl carbamates (subject to hydrolysis) is 1. The van der Waals surface area contributed by atoms with Crippen molar-refractivity contribution in [1.82, 2.24) is 5.32 Å². The summed E-state index contributed by atoms with van der Waals surface area (Å²) in [6.07, 6.45) is -0.863. The average molecular weight is 372 g/mol. The van der Waals surface area contributed by atoms with E-state index in [0.29, 0.717) is 12.3 Å². The highest BCUT2D eigenvalue weighted by Gasteiger charge is 2.33. The summed E-state index contributed by atoms with van der Waals surface area (Å²) in [6, 6.07) is 11.7. The molecule has 1 unspecified atom stereocenters. The van der Waals surface area contributed by atoms with Crippen LogP contribution in [0.2, 0.25) is 0 Å². The molecule has 2 amide bonds. The Kier molecular flexibility index (Phi) is 5.59. The van der Waals surface area contributed by atoms with E-state index in [1.54, 1.807) is 29.2 Å². The van der Waals surface area contributed by atoms with E-state index in [4.69, 9.17) is 9.47 Å². The molecule has 7 heteroatoms. The Labute approximate surface area is 156 Å². The summed E-state index contributed by atoms with van der Waals surface area (Å²) < 4.78 is 24.2. The van der Waals surface area contributed by atoms with Gasteiger partial charge >= 0.3 is 6.09 Å². The molecule has 1 saturated heterocycles. The third-order valence-corrected chi connectivity index (χ3v) is 4.32. The number of rotatable bonds is 5. The molecule has 0 radical (unpaired) electrons. The van der Waals surface area contributed by atoms with Crippen LogP contribution in [0.15, 0.2) is 42.5 Å². The molecule has 1 fully saturated rings. The third kappa shape index (κ3) is 4.55. The normalized spacial score (nSPS) is 16.3. The maximum absolute atomic E-state index is 13.2. The van der Waals surface area contributed by atoms with Crippen LogP contribution < -0.4 is 15.0 Å². The largest absolute Gasteiger partial charge is 0.489 e. The summed E-state index contributed by atoms with van der Waals surface area (Å²) in [6.45, 7) is 2.45. The van der Waals surface area contributed by atoms with Gasteiger partial charge in [-0.3, -0.25) is 4.79 Å². The van der Waals surface area contributed by atoms with Gasteiger partial charge in [-0.2, -0.15) is 0 Å².